The summed E-state index contributed by atoms with van der Waals surface area (Å²) in [5.41, 5.74) is 4.87. The molecular weight excluding hydrogens is 698 g/mol. The molecule has 2 aromatic heterocycles. The zero-order valence-electron chi connectivity index (χ0n) is 28.9. The Morgan fingerprint density at radius 1 is 0.537 bits per heavy atom. The normalized spacial score (nSPS) is 10.5. The maximum atomic E-state index is 11.2. The summed E-state index contributed by atoms with van der Waals surface area (Å²) in [4.78, 5) is 21.2. The van der Waals surface area contributed by atoms with Crippen molar-refractivity contribution in [3.63, 3.8) is 0 Å². The third-order valence-corrected chi connectivity index (χ3v) is 7.25. The predicted octanol–water partition coefficient (Wildman–Crippen LogP) is 8.29. The number of ether oxygens (including phenoxy) is 2. The van der Waals surface area contributed by atoms with Crippen LogP contribution in [-0.4, -0.2) is 31.5 Å². The highest BCUT2D eigenvalue weighted by Crippen LogP contribution is 2.28. The fraction of sp³-hybridized carbons (Fsp3) is 0.0500. The molecule has 0 N–H and O–H groups in total. The lowest BCUT2D eigenvalue weighted by Crippen LogP contribution is -2.39. The minimum atomic E-state index is -3.17. The lowest BCUT2D eigenvalue weighted by Gasteiger charge is -2.09. The summed E-state index contributed by atoms with van der Waals surface area (Å²) < 4.78 is 30.9. The number of hydrogen-bond donors (Lipinski definition) is 0. The molecule has 0 aliphatic carbocycles. The molecule has 0 unspecified atom stereocenters. The standard InChI is InChI=1S/2C20H16NO4.BFO2/c2*1-24-18-11-9-15(10-12-18)7-8-16-13-19(17-5-3-2-4-6-17)25-20(14-16)21(22)23;2-1(3)4/h2*2-14H,1H3;/q2*+1;-2. The van der Waals surface area contributed by atoms with Gasteiger partial charge in [-0.1, -0.05) is 85.0 Å². The summed E-state index contributed by atoms with van der Waals surface area (Å²) in [5, 5.41) is 38.9. The van der Waals surface area contributed by atoms with Crippen LogP contribution in [0.4, 0.5) is 16.1 Å². The van der Waals surface area contributed by atoms with Gasteiger partial charge in [0, 0.05) is 11.1 Å². The van der Waals surface area contributed by atoms with E-state index >= 15 is 0 Å². The zero-order chi connectivity index (χ0) is 38.9. The Hall–Kier alpha value is -7.03. The van der Waals surface area contributed by atoms with Crippen LogP contribution in [0.1, 0.15) is 22.3 Å². The van der Waals surface area contributed by atoms with Gasteiger partial charge in [-0.25, -0.2) is 0 Å². The first-order valence-corrected chi connectivity index (χ1v) is 16.0. The first kappa shape index (κ1) is 39.8. The Bertz CT molecular complexity index is 2030. The minimum Gasteiger partial charge on any atom is -0.867 e. The van der Waals surface area contributed by atoms with Gasteiger partial charge >= 0.3 is 23.3 Å². The molecule has 0 bridgehead atoms. The summed E-state index contributed by atoms with van der Waals surface area (Å²) in [5.74, 6) is 1.86. The number of hydrogen-bond acceptors (Lipinski definition) is 8. The van der Waals surface area contributed by atoms with E-state index in [0.717, 1.165) is 33.8 Å². The maximum absolute atomic E-state index is 11.2. The average molecular weight is 731 g/mol. The molecule has 0 saturated heterocycles. The van der Waals surface area contributed by atoms with Crippen LogP contribution in [0, 0.1) is 20.2 Å². The molecule has 0 saturated carbocycles. The molecule has 0 radical (unpaired) electrons. The van der Waals surface area contributed by atoms with Crippen molar-refractivity contribution in [2.45, 2.75) is 0 Å². The van der Waals surface area contributed by atoms with Gasteiger partial charge in [-0.3, -0.25) is 20.2 Å². The Kier molecular flexibility index (Phi) is 14.8. The van der Waals surface area contributed by atoms with E-state index in [1.807, 2.05) is 133 Å². The van der Waals surface area contributed by atoms with Crippen LogP contribution < -0.4 is 19.5 Å². The number of halogens is 1. The Morgan fingerprint density at radius 3 is 1.15 bits per heavy atom. The van der Waals surface area contributed by atoms with Gasteiger partial charge in [0.1, 0.15) is 31.0 Å². The van der Waals surface area contributed by atoms with Crippen molar-refractivity contribution < 1.29 is 42.5 Å². The molecule has 0 aliphatic heterocycles. The van der Waals surface area contributed by atoms with Crippen molar-refractivity contribution in [1.29, 1.82) is 0 Å². The number of nitrogens with zero attached hydrogens (tertiary/aromatic N) is 2. The third-order valence-electron chi connectivity index (χ3n) is 7.25. The van der Waals surface area contributed by atoms with Crippen LogP contribution in [-0.2, 0) is 0 Å². The van der Waals surface area contributed by atoms with Gasteiger partial charge in [-0.15, -0.1) is 8.83 Å². The van der Waals surface area contributed by atoms with Gasteiger partial charge in [0.2, 0.25) is 0 Å². The number of methoxy groups -OCH3 is 2. The molecule has 0 spiro atoms. The molecule has 2 heterocycles. The summed E-state index contributed by atoms with van der Waals surface area (Å²) in [6.45, 7) is 0. The first-order chi connectivity index (χ1) is 26.0. The molecule has 0 atom stereocenters. The van der Waals surface area contributed by atoms with E-state index in [0.29, 0.717) is 22.6 Å². The van der Waals surface area contributed by atoms with E-state index in [1.165, 1.54) is 12.1 Å². The highest BCUT2D eigenvalue weighted by atomic mass is 19.1. The van der Waals surface area contributed by atoms with Crippen LogP contribution >= 0.6 is 0 Å². The van der Waals surface area contributed by atoms with Crippen molar-refractivity contribution in [3.05, 3.63) is 176 Å². The lowest BCUT2D eigenvalue weighted by molar-refractivity contribution is -0.402. The van der Waals surface area contributed by atoms with E-state index in [4.69, 9.17) is 28.4 Å². The van der Waals surface area contributed by atoms with E-state index in [1.54, 1.807) is 26.4 Å². The van der Waals surface area contributed by atoms with Gasteiger partial charge in [0.25, 0.3) is 0 Å². The van der Waals surface area contributed by atoms with Crippen LogP contribution in [0.2, 0.25) is 0 Å². The van der Waals surface area contributed by atoms with E-state index in [2.05, 4.69) is 0 Å². The predicted molar refractivity (Wildman–Crippen MR) is 201 cm³/mol. The van der Waals surface area contributed by atoms with Crippen LogP contribution in [0.25, 0.3) is 47.0 Å². The molecule has 4 aromatic carbocycles. The number of benzene rings is 4. The summed E-state index contributed by atoms with van der Waals surface area (Å²) in [7, 11) is 0.0606. The van der Waals surface area contributed by atoms with Gasteiger partial charge < -0.3 is 23.8 Å². The second-order valence-electron chi connectivity index (χ2n) is 10.9. The van der Waals surface area contributed by atoms with Gasteiger partial charge in [0.05, 0.1) is 37.5 Å². The second kappa shape index (κ2) is 20.1. The fourth-order valence-corrected chi connectivity index (χ4v) is 4.69. The maximum Gasteiger partial charge on any atom is 0.651 e. The molecule has 0 aliphatic rings. The third kappa shape index (κ3) is 12.6. The smallest absolute Gasteiger partial charge is 0.651 e. The monoisotopic (exact) mass is 730 g/mol. The minimum absolute atomic E-state index is 0.296. The largest absolute Gasteiger partial charge is 0.867 e. The fourth-order valence-electron chi connectivity index (χ4n) is 4.69. The first-order valence-electron chi connectivity index (χ1n) is 16.0. The molecule has 6 rings (SSSR count). The Morgan fingerprint density at radius 2 is 0.852 bits per heavy atom. The van der Waals surface area contributed by atoms with E-state index in [9.17, 15) is 24.5 Å². The van der Waals surface area contributed by atoms with Crippen molar-refractivity contribution in [3.8, 4) is 34.1 Å². The molecule has 6 aromatic rings. The molecule has 14 heteroatoms. The summed E-state index contributed by atoms with van der Waals surface area (Å²) in [6.07, 6.45) is 7.40. The molecule has 0 amide bonds. The highest BCUT2D eigenvalue weighted by molar-refractivity contribution is 6.27. The second-order valence-corrected chi connectivity index (χ2v) is 10.9. The van der Waals surface area contributed by atoms with Crippen molar-refractivity contribution in [2.75, 3.05) is 14.2 Å². The molecular formula is C40H32BFN2O10. The Balaban J connectivity index is 0.000000219. The Labute approximate surface area is 309 Å². The summed E-state index contributed by atoms with van der Waals surface area (Å²) in [6, 6.07) is 40.0. The van der Waals surface area contributed by atoms with Gasteiger partial charge in [-0.2, -0.15) is 0 Å². The summed E-state index contributed by atoms with van der Waals surface area (Å²) >= 11 is 0. The number of rotatable bonds is 10. The molecule has 12 nitrogen and oxygen atoms in total. The zero-order valence-corrected chi connectivity index (χ0v) is 28.9. The van der Waals surface area contributed by atoms with Crippen LogP contribution in [0.15, 0.2) is 142 Å². The van der Waals surface area contributed by atoms with Crippen molar-refractivity contribution in [2.24, 2.45) is 0 Å². The SMILES string of the molecule is COc1ccc(C=Cc2cc(-c3ccccc3)[o+]c([N+](=O)[O-])c2)cc1.COc1ccc(C=Cc2cc(-c3ccccc3)[o+]c([N+](=O)[O-])c2)cc1.[O-]B([O-])F. The molecule has 54 heavy (non-hydrogen) atoms. The molecule has 272 valence electrons. The number of nitro groups is 2. The van der Waals surface area contributed by atoms with Crippen LogP contribution in [0.5, 0.6) is 11.5 Å². The molecule has 0 fully saturated rings. The quantitative estimate of drug-likeness (QED) is 0.0577. The van der Waals surface area contributed by atoms with E-state index in [-0.39, 0.29) is 11.8 Å². The highest BCUT2D eigenvalue weighted by Gasteiger charge is 2.27. The van der Waals surface area contributed by atoms with Gasteiger partial charge in [0.15, 0.2) is 9.85 Å². The lowest BCUT2D eigenvalue weighted by atomic mass is 10.1. The van der Waals surface area contributed by atoms with Crippen molar-refractivity contribution in [1.82, 2.24) is 0 Å². The van der Waals surface area contributed by atoms with Gasteiger partial charge in [-0.05, 0) is 59.7 Å². The van der Waals surface area contributed by atoms with Crippen LogP contribution in [0.3, 0.4) is 0 Å². The topological polar surface area (TPSA) is 173 Å². The van der Waals surface area contributed by atoms with Crippen molar-refractivity contribution >= 4 is 43.5 Å². The van der Waals surface area contributed by atoms with E-state index < -0.39 is 17.2 Å². The average Bonchev–Trinajstić information content (AvgIpc) is 3.20.